The van der Waals surface area contributed by atoms with E-state index in [2.05, 4.69) is 5.32 Å². The summed E-state index contributed by atoms with van der Waals surface area (Å²) < 4.78 is 19.2. The van der Waals surface area contributed by atoms with Crippen LogP contribution in [0.2, 0.25) is 0 Å². The summed E-state index contributed by atoms with van der Waals surface area (Å²) in [6, 6.07) is 11.8. The summed E-state index contributed by atoms with van der Waals surface area (Å²) in [5.41, 5.74) is 1.56. The molecule has 0 aliphatic carbocycles. The van der Waals surface area contributed by atoms with E-state index in [0.29, 0.717) is 29.3 Å². The van der Waals surface area contributed by atoms with Gasteiger partial charge in [0.15, 0.2) is 0 Å². The van der Waals surface area contributed by atoms with Gasteiger partial charge >= 0.3 is 0 Å². The second-order valence-electron chi connectivity index (χ2n) is 6.26. The molecule has 1 aliphatic heterocycles. The van der Waals surface area contributed by atoms with Gasteiger partial charge in [-0.1, -0.05) is 18.2 Å². The number of rotatable bonds is 5. The molecule has 0 saturated carbocycles. The van der Waals surface area contributed by atoms with Crippen molar-refractivity contribution in [2.75, 3.05) is 23.4 Å². The molecule has 1 aliphatic rings. The lowest BCUT2D eigenvalue weighted by Gasteiger charge is -2.20. The molecule has 1 saturated heterocycles. The third-order valence-electron chi connectivity index (χ3n) is 4.39. The van der Waals surface area contributed by atoms with Gasteiger partial charge in [-0.3, -0.25) is 9.59 Å². The maximum atomic E-state index is 13.6. The zero-order chi connectivity index (χ0) is 18.7. The number of nitrogens with zero attached hydrogens (tertiary/aromatic N) is 1. The van der Waals surface area contributed by atoms with Crippen LogP contribution in [-0.4, -0.2) is 25.0 Å². The Morgan fingerprint density at radius 3 is 2.81 bits per heavy atom. The third-order valence-corrected chi connectivity index (χ3v) is 4.39. The number of para-hydroxylation sites is 2. The van der Waals surface area contributed by atoms with Crippen molar-refractivity contribution in [1.29, 1.82) is 0 Å². The number of ether oxygens (including phenoxy) is 1. The second-order valence-corrected chi connectivity index (χ2v) is 6.26. The lowest BCUT2D eigenvalue weighted by molar-refractivity contribution is -0.122. The Hall–Kier alpha value is -2.89. The van der Waals surface area contributed by atoms with Crippen molar-refractivity contribution in [3.63, 3.8) is 0 Å². The zero-order valence-electron chi connectivity index (χ0n) is 14.8. The van der Waals surface area contributed by atoms with Gasteiger partial charge in [0.05, 0.1) is 18.2 Å². The van der Waals surface area contributed by atoms with Crippen LogP contribution in [0, 0.1) is 18.7 Å². The maximum absolute atomic E-state index is 13.6. The van der Waals surface area contributed by atoms with E-state index >= 15 is 0 Å². The number of nitrogens with one attached hydrogen (secondary N) is 1. The average Bonchev–Trinajstić information content (AvgIpc) is 3.01. The maximum Gasteiger partial charge on any atom is 0.229 e. The molecular weight excluding hydrogens is 335 g/mol. The molecule has 2 aromatic rings. The first kappa shape index (κ1) is 17.9. The van der Waals surface area contributed by atoms with E-state index < -0.39 is 5.92 Å². The fourth-order valence-corrected chi connectivity index (χ4v) is 2.99. The van der Waals surface area contributed by atoms with Crippen LogP contribution in [0.15, 0.2) is 42.5 Å². The molecular formula is C20H21FN2O3. The van der Waals surface area contributed by atoms with Gasteiger partial charge in [-0.25, -0.2) is 4.39 Å². The molecule has 0 unspecified atom stereocenters. The summed E-state index contributed by atoms with van der Waals surface area (Å²) in [6.45, 7) is 4.29. The van der Waals surface area contributed by atoms with Crippen LogP contribution in [0.25, 0.3) is 0 Å². The SMILES string of the molecule is CCOc1ccccc1N1C[C@H](C(=O)Nc2ccc(C)c(F)c2)CC1=O. The van der Waals surface area contributed by atoms with Gasteiger partial charge in [0, 0.05) is 18.7 Å². The van der Waals surface area contributed by atoms with Gasteiger partial charge in [0.2, 0.25) is 11.8 Å². The smallest absolute Gasteiger partial charge is 0.229 e. The number of aryl methyl sites for hydroxylation is 1. The molecule has 1 N–H and O–H groups in total. The molecule has 2 aromatic carbocycles. The van der Waals surface area contributed by atoms with Gasteiger partial charge in [0.1, 0.15) is 11.6 Å². The topological polar surface area (TPSA) is 58.6 Å². The van der Waals surface area contributed by atoms with Crippen LogP contribution in [0.1, 0.15) is 18.9 Å². The van der Waals surface area contributed by atoms with Crippen molar-refractivity contribution in [2.45, 2.75) is 20.3 Å². The van der Waals surface area contributed by atoms with E-state index in [1.54, 1.807) is 36.1 Å². The molecule has 0 bridgehead atoms. The standard InChI is InChI=1S/C20H21FN2O3/c1-3-26-18-7-5-4-6-17(18)23-12-14(10-19(23)24)20(25)22-15-9-8-13(2)16(21)11-15/h4-9,11,14H,3,10,12H2,1-2H3,(H,22,25)/t14-/m1/s1. The summed E-state index contributed by atoms with van der Waals surface area (Å²) in [7, 11) is 0. The molecule has 26 heavy (non-hydrogen) atoms. The molecule has 0 aromatic heterocycles. The predicted octanol–water partition coefficient (Wildman–Crippen LogP) is 3.52. The Labute approximate surface area is 151 Å². The minimum atomic E-state index is -0.499. The molecule has 1 heterocycles. The van der Waals surface area contributed by atoms with Gasteiger partial charge in [0.25, 0.3) is 0 Å². The van der Waals surface area contributed by atoms with Gasteiger partial charge in [-0.05, 0) is 43.7 Å². The summed E-state index contributed by atoms with van der Waals surface area (Å²) in [5, 5.41) is 2.70. The van der Waals surface area contributed by atoms with E-state index in [1.807, 2.05) is 19.1 Å². The highest BCUT2D eigenvalue weighted by Gasteiger charge is 2.36. The van der Waals surface area contributed by atoms with Gasteiger partial charge in [-0.15, -0.1) is 0 Å². The fraction of sp³-hybridized carbons (Fsp3) is 0.300. The van der Waals surface area contributed by atoms with Gasteiger partial charge in [-0.2, -0.15) is 0 Å². The van der Waals surface area contributed by atoms with Crippen molar-refractivity contribution < 1.29 is 18.7 Å². The number of benzene rings is 2. The predicted molar refractivity (Wildman–Crippen MR) is 97.8 cm³/mol. The third kappa shape index (κ3) is 3.69. The van der Waals surface area contributed by atoms with Crippen LogP contribution in [0.3, 0.4) is 0 Å². The van der Waals surface area contributed by atoms with E-state index in [4.69, 9.17) is 4.74 Å². The molecule has 2 amide bonds. The van der Waals surface area contributed by atoms with E-state index in [0.717, 1.165) is 0 Å². The number of hydrogen-bond acceptors (Lipinski definition) is 3. The average molecular weight is 356 g/mol. The van der Waals surface area contributed by atoms with Crippen LogP contribution < -0.4 is 15.0 Å². The molecule has 136 valence electrons. The lowest BCUT2D eigenvalue weighted by Crippen LogP contribution is -2.28. The molecule has 0 radical (unpaired) electrons. The first-order valence-corrected chi connectivity index (χ1v) is 8.58. The Morgan fingerprint density at radius 2 is 2.08 bits per heavy atom. The first-order chi connectivity index (χ1) is 12.5. The molecule has 5 nitrogen and oxygen atoms in total. The largest absolute Gasteiger partial charge is 0.492 e. The number of amides is 2. The van der Waals surface area contributed by atoms with Crippen LogP contribution in [0.5, 0.6) is 5.75 Å². The van der Waals surface area contributed by atoms with E-state index in [9.17, 15) is 14.0 Å². The number of halogens is 1. The molecule has 1 atom stereocenters. The Morgan fingerprint density at radius 1 is 1.31 bits per heavy atom. The first-order valence-electron chi connectivity index (χ1n) is 8.58. The number of anilines is 2. The van der Waals surface area contributed by atoms with Crippen LogP contribution in [0.4, 0.5) is 15.8 Å². The molecule has 6 heteroatoms. The summed E-state index contributed by atoms with van der Waals surface area (Å²) in [4.78, 5) is 26.5. The van der Waals surface area contributed by atoms with Crippen molar-refractivity contribution in [2.24, 2.45) is 5.92 Å². The fourth-order valence-electron chi connectivity index (χ4n) is 2.99. The quantitative estimate of drug-likeness (QED) is 0.892. The monoisotopic (exact) mass is 356 g/mol. The van der Waals surface area contributed by atoms with Crippen molar-refractivity contribution in [3.8, 4) is 5.75 Å². The number of carbonyl (C=O) groups excluding carboxylic acids is 2. The summed E-state index contributed by atoms with van der Waals surface area (Å²) in [5.74, 6) is -0.686. The highest BCUT2D eigenvalue weighted by Crippen LogP contribution is 2.33. The number of hydrogen-bond donors (Lipinski definition) is 1. The molecule has 3 rings (SSSR count). The summed E-state index contributed by atoms with van der Waals surface area (Å²) >= 11 is 0. The Kier molecular flexibility index (Phi) is 5.21. The van der Waals surface area contributed by atoms with Gasteiger partial charge < -0.3 is 15.0 Å². The molecule has 1 fully saturated rings. The number of carbonyl (C=O) groups is 2. The lowest BCUT2D eigenvalue weighted by atomic mass is 10.1. The zero-order valence-corrected chi connectivity index (χ0v) is 14.8. The minimum Gasteiger partial charge on any atom is -0.492 e. The van der Waals surface area contributed by atoms with Crippen molar-refractivity contribution in [3.05, 3.63) is 53.8 Å². The Bertz CT molecular complexity index is 838. The molecule has 0 spiro atoms. The van der Waals surface area contributed by atoms with Crippen LogP contribution in [-0.2, 0) is 9.59 Å². The highest BCUT2D eigenvalue weighted by atomic mass is 19.1. The summed E-state index contributed by atoms with van der Waals surface area (Å²) in [6.07, 6.45) is 0.112. The minimum absolute atomic E-state index is 0.112. The normalized spacial score (nSPS) is 16.7. The van der Waals surface area contributed by atoms with E-state index in [1.165, 1.54) is 6.07 Å². The van der Waals surface area contributed by atoms with Crippen LogP contribution >= 0.6 is 0 Å². The Balaban J connectivity index is 1.73. The highest BCUT2D eigenvalue weighted by molar-refractivity contribution is 6.04. The second kappa shape index (κ2) is 7.56. The van der Waals surface area contributed by atoms with Crippen molar-refractivity contribution >= 4 is 23.2 Å². The van der Waals surface area contributed by atoms with Crippen molar-refractivity contribution in [1.82, 2.24) is 0 Å². The van der Waals surface area contributed by atoms with E-state index in [-0.39, 0.29) is 30.6 Å².